The van der Waals surface area contributed by atoms with Crippen molar-refractivity contribution in [3.63, 3.8) is 0 Å². The van der Waals surface area contributed by atoms with Crippen molar-refractivity contribution in [1.29, 1.82) is 0 Å². The van der Waals surface area contributed by atoms with E-state index in [1.165, 1.54) is 22.0 Å². The van der Waals surface area contributed by atoms with Gasteiger partial charge >= 0.3 is 0 Å². The van der Waals surface area contributed by atoms with Gasteiger partial charge in [0.1, 0.15) is 5.01 Å². The highest BCUT2D eigenvalue weighted by Crippen LogP contribution is 2.20. The molecular weight excluding hydrogens is 234 g/mol. The van der Waals surface area contributed by atoms with Crippen LogP contribution in [0.3, 0.4) is 0 Å². The summed E-state index contributed by atoms with van der Waals surface area (Å²) in [5.41, 5.74) is 0. The highest BCUT2D eigenvalue weighted by Gasteiger charge is 2.18. The smallest absolute Gasteiger partial charge is 0.225 e. The van der Waals surface area contributed by atoms with Crippen molar-refractivity contribution < 1.29 is 8.42 Å². The van der Waals surface area contributed by atoms with Gasteiger partial charge in [0.25, 0.3) is 9.05 Å². The van der Waals surface area contributed by atoms with Gasteiger partial charge in [-0.15, -0.1) is 0 Å². The lowest BCUT2D eigenvalue weighted by molar-refractivity contribution is 0.602. The van der Waals surface area contributed by atoms with Gasteiger partial charge < -0.3 is 0 Å². The number of nitrogens with zero attached hydrogens (tertiary/aromatic N) is 3. The summed E-state index contributed by atoms with van der Waals surface area (Å²) in [6.07, 6.45) is 1.20. The van der Waals surface area contributed by atoms with Crippen molar-refractivity contribution in [2.75, 3.05) is 0 Å². The predicted octanol–water partition coefficient (Wildman–Crippen LogP) is 1.03. The molecule has 70 valence electrons. The zero-order valence-corrected chi connectivity index (χ0v) is 8.82. The summed E-state index contributed by atoms with van der Waals surface area (Å²) in [5.74, 6) is 0. The van der Waals surface area contributed by atoms with Crippen molar-refractivity contribution in [2.24, 2.45) is 0 Å². The summed E-state index contributed by atoms with van der Waals surface area (Å²) in [4.78, 5) is 4.39. The first-order valence-electron chi connectivity index (χ1n) is 3.24. The molecule has 0 atom stereocenters. The van der Waals surface area contributed by atoms with Gasteiger partial charge in [0.05, 0.1) is 6.20 Å². The topological polar surface area (TPSA) is 64.3 Å². The number of imidazole rings is 1. The predicted molar refractivity (Wildman–Crippen MR) is 48.6 cm³/mol. The first-order valence-corrected chi connectivity index (χ1v) is 6.37. The fraction of sp³-hybridized carbons (Fsp3) is 0.200. The fourth-order valence-electron chi connectivity index (χ4n) is 0.935. The van der Waals surface area contributed by atoms with Crippen LogP contribution in [-0.2, 0) is 9.05 Å². The van der Waals surface area contributed by atoms with Crippen LogP contribution in [0.25, 0.3) is 4.96 Å². The van der Waals surface area contributed by atoms with Crippen molar-refractivity contribution in [2.45, 2.75) is 11.9 Å². The third kappa shape index (κ3) is 1.43. The van der Waals surface area contributed by atoms with Crippen LogP contribution in [0.2, 0.25) is 0 Å². The van der Waals surface area contributed by atoms with Crippen LogP contribution in [-0.4, -0.2) is 23.0 Å². The van der Waals surface area contributed by atoms with Crippen LogP contribution in [0.1, 0.15) is 5.01 Å². The number of aryl methyl sites for hydroxylation is 1. The van der Waals surface area contributed by atoms with Gasteiger partial charge in [-0.3, -0.25) is 0 Å². The van der Waals surface area contributed by atoms with Gasteiger partial charge in [0.2, 0.25) is 4.96 Å². The number of hydrogen-bond donors (Lipinski definition) is 0. The average molecular weight is 238 g/mol. The van der Waals surface area contributed by atoms with E-state index in [1.54, 1.807) is 6.92 Å². The highest BCUT2D eigenvalue weighted by atomic mass is 35.7. The third-order valence-electron chi connectivity index (χ3n) is 1.40. The first-order chi connectivity index (χ1) is 5.98. The third-order valence-corrected chi connectivity index (χ3v) is 3.50. The SMILES string of the molecule is Cc1nn2c(S(=O)(=O)Cl)cnc2s1. The summed E-state index contributed by atoms with van der Waals surface area (Å²) in [6.45, 7) is 1.77. The molecule has 0 N–H and O–H groups in total. The van der Waals surface area contributed by atoms with Gasteiger partial charge in [-0.25, -0.2) is 13.4 Å². The fourth-order valence-corrected chi connectivity index (χ4v) is 2.54. The minimum atomic E-state index is -3.76. The zero-order chi connectivity index (χ0) is 9.64. The highest BCUT2D eigenvalue weighted by molar-refractivity contribution is 8.13. The maximum atomic E-state index is 11.0. The van der Waals surface area contributed by atoms with Crippen LogP contribution < -0.4 is 0 Å². The van der Waals surface area contributed by atoms with Gasteiger partial charge in [0.15, 0.2) is 5.03 Å². The normalized spacial score (nSPS) is 12.5. The van der Waals surface area contributed by atoms with Crippen LogP contribution >= 0.6 is 22.0 Å². The Labute approximate surface area is 82.4 Å². The molecule has 0 bridgehead atoms. The molecule has 0 spiro atoms. The maximum Gasteiger partial charge on any atom is 0.280 e. The van der Waals surface area contributed by atoms with E-state index in [0.717, 1.165) is 5.01 Å². The molecule has 8 heteroatoms. The van der Waals surface area contributed by atoms with E-state index in [-0.39, 0.29) is 5.03 Å². The van der Waals surface area contributed by atoms with E-state index in [0.29, 0.717) is 4.96 Å². The molecule has 0 aliphatic heterocycles. The Morgan fingerprint density at radius 1 is 1.62 bits per heavy atom. The number of halogens is 1. The van der Waals surface area contributed by atoms with Gasteiger partial charge in [-0.1, -0.05) is 11.3 Å². The summed E-state index contributed by atoms with van der Waals surface area (Å²) >= 11 is 1.31. The summed E-state index contributed by atoms with van der Waals surface area (Å²) < 4.78 is 23.2. The molecule has 0 unspecified atom stereocenters. The van der Waals surface area contributed by atoms with Gasteiger partial charge in [-0.05, 0) is 6.92 Å². The molecule has 5 nitrogen and oxygen atoms in total. The largest absolute Gasteiger partial charge is 0.280 e. The molecule has 0 aromatic carbocycles. The van der Waals surface area contributed by atoms with Crippen molar-refractivity contribution in [3.8, 4) is 0 Å². The Morgan fingerprint density at radius 3 is 2.92 bits per heavy atom. The molecule has 13 heavy (non-hydrogen) atoms. The van der Waals surface area contributed by atoms with Gasteiger partial charge in [0, 0.05) is 10.7 Å². The second-order valence-electron chi connectivity index (χ2n) is 2.35. The average Bonchev–Trinajstić information content (AvgIpc) is 2.41. The van der Waals surface area contributed by atoms with Crippen molar-refractivity contribution >= 4 is 36.0 Å². The lowest BCUT2D eigenvalue weighted by Crippen LogP contribution is -1.97. The van der Waals surface area contributed by atoms with Crippen molar-refractivity contribution in [1.82, 2.24) is 14.6 Å². The number of hydrogen-bond acceptors (Lipinski definition) is 5. The monoisotopic (exact) mass is 237 g/mol. The first kappa shape index (κ1) is 8.92. The molecule has 0 aliphatic carbocycles. The van der Waals surface area contributed by atoms with E-state index >= 15 is 0 Å². The minimum Gasteiger partial charge on any atom is -0.225 e. The maximum absolute atomic E-state index is 11.0. The van der Waals surface area contributed by atoms with E-state index in [4.69, 9.17) is 10.7 Å². The number of aromatic nitrogens is 3. The Morgan fingerprint density at radius 2 is 2.31 bits per heavy atom. The molecule has 2 aromatic rings. The lowest BCUT2D eigenvalue weighted by atomic mass is 10.9. The van der Waals surface area contributed by atoms with Crippen LogP contribution in [0, 0.1) is 6.92 Å². The molecule has 0 saturated carbocycles. The molecule has 0 fully saturated rings. The molecule has 2 heterocycles. The van der Waals surface area contributed by atoms with E-state index < -0.39 is 9.05 Å². The molecular formula is C5H4ClN3O2S2. The molecule has 0 saturated heterocycles. The molecule has 0 aliphatic rings. The van der Waals surface area contributed by atoms with Crippen molar-refractivity contribution in [3.05, 3.63) is 11.2 Å². The zero-order valence-electron chi connectivity index (χ0n) is 6.43. The second-order valence-corrected chi connectivity index (χ2v) is 6.02. The van der Waals surface area contributed by atoms with Gasteiger partial charge in [-0.2, -0.15) is 9.61 Å². The number of rotatable bonds is 1. The number of fused-ring (bicyclic) bond motifs is 1. The summed E-state index contributed by atoms with van der Waals surface area (Å²) in [6, 6.07) is 0. The van der Waals surface area contributed by atoms with E-state index in [1.807, 2.05) is 0 Å². The second kappa shape index (κ2) is 2.66. The molecule has 0 amide bonds. The standard InChI is InChI=1S/C5H4ClN3O2S2/c1-3-8-9-4(13(6,10)11)2-7-5(9)12-3/h2H,1H3. The Balaban J connectivity index is 2.84. The summed E-state index contributed by atoms with van der Waals surface area (Å²) in [7, 11) is 1.41. The Kier molecular flexibility index (Phi) is 1.83. The Bertz CT molecular complexity index is 555. The molecule has 0 radical (unpaired) electrons. The quantitative estimate of drug-likeness (QED) is 0.695. The van der Waals surface area contributed by atoms with Crippen LogP contribution in [0.4, 0.5) is 0 Å². The lowest BCUT2D eigenvalue weighted by Gasteiger charge is -1.88. The van der Waals surface area contributed by atoms with Crippen LogP contribution in [0.15, 0.2) is 11.2 Å². The van der Waals surface area contributed by atoms with Crippen LogP contribution in [0.5, 0.6) is 0 Å². The minimum absolute atomic E-state index is 0.0893. The van der Waals surface area contributed by atoms with E-state index in [9.17, 15) is 8.42 Å². The molecule has 2 rings (SSSR count). The van der Waals surface area contributed by atoms with E-state index in [2.05, 4.69) is 10.1 Å². The molecule has 2 aromatic heterocycles. The Hall–Kier alpha value is -0.660. The summed E-state index contributed by atoms with van der Waals surface area (Å²) in [5, 5.41) is 4.60.